The average Bonchev–Trinajstić information content (AvgIpc) is 2.32. The van der Waals surface area contributed by atoms with E-state index in [-0.39, 0.29) is 11.4 Å². The van der Waals surface area contributed by atoms with Crippen molar-refractivity contribution in [2.75, 3.05) is 19.7 Å². The minimum absolute atomic E-state index is 0.0780. The second-order valence-electron chi connectivity index (χ2n) is 4.64. The van der Waals surface area contributed by atoms with Gasteiger partial charge in [-0.2, -0.15) is 0 Å². The first-order chi connectivity index (χ1) is 7.82. The maximum absolute atomic E-state index is 13.7. The van der Waals surface area contributed by atoms with Gasteiger partial charge in [0.25, 0.3) is 0 Å². The molecule has 0 aromatic heterocycles. The van der Waals surface area contributed by atoms with Crippen LogP contribution in [0.2, 0.25) is 0 Å². The molecule has 1 saturated heterocycles. The lowest BCUT2D eigenvalue weighted by Gasteiger charge is -2.42. The van der Waals surface area contributed by atoms with Crippen LogP contribution in [0, 0.1) is 5.82 Å². The molecule has 3 rings (SSSR count). The van der Waals surface area contributed by atoms with Crippen molar-refractivity contribution in [1.29, 1.82) is 0 Å². The molecular weight excluding hydrogens is 205 g/mol. The molecule has 1 fully saturated rings. The van der Waals surface area contributed by atoms with Gasteiger partial charge in [0, 0.05) is 13.1 Å². The summed E-state index contributed by atoms with van der Waals surface area (Å²) < 4.78 is 19.7. The van der Waals surface area contributed by atoms with Crippen molar-refractivity contribution in [3.05, 3.63) is 35.1 Å². The number of ether oxygens (including phenoxy) is 1. The van der Waals surface area contributed by atoms with Gasteiger partial charge < -0.3 is 10.1 Å². The van der Waals surface area contributed by atoms with Gasteiger partial charge in [0.2, 0.25) is 0 Å². The molecule has 1 aliphatic carbocycles. The van der Waals surface area contributed by atoms with Crippen molar-refractivity contribution >= 4 is 0 Å². The maximum atomic E-state index is 13.7. The van der Waals surface area contributed by atoms with E-state index in [4.69, 9.17) is 4.74 Å². The van der Waals surface area contributed by atoms with E-state index in [2.05, 4.69) is 5.32 Å². The van der Waals surface area contributed by atoms with Crippen LogP contribution in [0.4, 0.5) is 4.39 Å². The van der Waals surface area contributed by atoms with Crippen LogP contribution in [0.15, 0.2) is 18.2 Å². The fourth-order valence-electron chi connectivity index (χ4n) is 2.92. The summed E-state index contributed by atoms with van der Waals surface area (Å²) in [6, 6.07) is 5.36. The van der Waals surface area contributed by atoms with E-state index in [1.807, 2.05) is 6.07 Å². The second-order valence-corrected chi connectivity index (χ2v) is 4.64. The van der Waals surface area contributed by atoms with E-state index < -0.39 is 0 Å². The number of nitrogens with one attached hydrogen (secondary N) is 1. The van der Waals surface area contributed by atoms with Gasteiger partial charge in [-0.1, -0.05) is 12.1 Å². The SMILES string of the molecule is Fc1cccc2c1CCCC21CNCCO1. The molecule has 0 bridgehead atoms. The normalized spacial score (nSPS) is 29.1. The van der Waals surface area contributed by atoms with Gasteiger partial charge in [0.15, 0.2) is 0 Å². The lowest BCUT2D eigenvalue weighted by atomic mass is 9.78. The molecular formula is C13H16FNO. The van der Waals surface area contributed by atoms with Crippen molar-refractivity contribution < 1.29 is 9.13 Å². The van der Waals surface area contributed by atoms with Gasteiger partial charge in [-0.05, 0) is 36.5 Å². The number of hydrogen-bond donors (Lipinski definition) is 1. The number of hydrogen-bond acceptors (Lipinski definition) is 2. The molecule has 16 heavy (non-hydrogen) atoms. The van der Waals surface area contributed by atoms with Crippen molar-refractivity contribution in [3.63, 3.8) is 0 Å². The Hall–Kier alpha value is -0.930. The van der Waals surface area contributed by atoms with Crippen molar-refractivity contribution in [2.24, 2.45) is 0 Å². The Labute approximate surface area is 94.8 Å². The predicted octanol–water partition coefficient (Wildman–Crippen LogP) is 1.98. The zero-order chi connectivity index (χ0) is 11.0. The number of morpholine rings is 1. The van der Waals surface area contributed by atoms with Crippen LogP contribution in [0.25, 0.3) is 0 Å². The van der Waals surface area contributed by atoms with E-state index >= 15 is 0 Å². The first-order valence-electron chi connectivity index (χ1n) is 5.94. The largest absolute Gasteiger partial charge is 0.368 e. The molecule has 1 aromatic carbocycles. The highest BCUT2D eigenvalue weighted by molar-refractivity contribution is 5.36. The third kappa shape index (κ3) is 1.46. The molecule has 0 radical (unpaired) electrons. The monoisotopic (exact) mass is 221 g/mol. The molecule has 1 aromatic rings. The quantitative estimate of drug-likeness (QED) is 0.723. The first kappa shape index (κ1) is 10.2. The number of halogens is 1. The van der Waals surface area contributed by atoms with Gasteiger partial charge in [0.05, 0.1) is 6.61 Å². The zero-order valence-corrected chi connectivity index (χ0v) is 9.26. The molecule has 2 aliphatic rings. The Bertz CT molecular complexity index is 399. The molecule has 0 saturated carbocycles. The molecule has 0 amide bonds. The predicted molar refractivity (Wildman–Crippen MR) is 59.8 cm³/mol. The van der Waals surface area contributed by atoms with Crippen LogP contribution in [0.5, 0.6) is 0 Å². The number of rotatable bonds is 0. The smallest absolute Gasteiger partial charge is 0.126 e. The standard InChI is InChI=1S/C13H16FNO/c14-12-5-1-4-11-10(12)3-2-6-13(11)9-15-7-8-16-13/h1,4-5,15H,2-3,6-9H2. The minimum atomic E-state index is -0.270. The van der Waals surface area contributed by atoms with Crippen molar-refractivity contribution in [3.8, 4) is 0 Å². The lowest BCUT2D eigenvalue weighted by molar-refractivity contribution is -0.0822. The van der Waals surface area contributed by atoms with Gasteiger partial charge >= 0.3 is 0 Å². The fraction of sp³-hybridized carbons (Fsp3) is 0.538. The highest BCUT2D eigenvalue weighted by Crippen LogP contribution is 2.39. The van der Waals surface area contributed by atoms with Crippen LogP contribution in [0.1, 0.15) is 24.0 Å². The Kier molecular flexibility index (Phi) is 2.45. The Morgan fingerprint density at radius 2 is 2.31 bits per heavy atom. The summed E-state index contributed by atoms with van der Waals surface area (Å²) in [6.45, 7) is 2.42. The molecule has 1 aliphatic heterocycles. The van der Waals surface area contributed by atoms with Crippen LogP contribution in [0.3, 0.4) is 0 Å². The fourth-order valence-corrected chi connectivity index (χ4v) is 2.92. The summed E-state index contributed by atoms with van der Waals surface area (Å²) in [5.74, 6) is -0.0780. The molecule has 3 heteroatoms. The lowest BCUT2D eigenvalue weighted by Crippen LogP contribution is -2.49. The van der Waals surface area contributed by atoms with Gasteiger partial charge in [-0.25, -0.2) is 4.39 Å². The van der Waals surface area contributed by atoms with E-state index in [9.17, 15) is 4.39 Å². The number of fused-ring (bicyclic) bond motifs is 2. The van der Waals surface area contributed by atoms with Gasteiger partial charge in [-0.15, -0.1) is 0 Å². The summed E-state index contributed by atoms with van der Waals surface area (Å²) in [7, 11) is 0. The highest BCUT2D eigenvalue weighted by Gasteiger charge is 2.39. The summed E-state index contributed by atoms with van der Waals surface area (Å²) in [5, 5.41) is 3.36. The average molecular weight is 221 g/mol. The van der Waals surface area contributed by atoms with Crippen LogP contribution >= 0.6 is 0 Å². The molecule has 2 nitrogen and oxygen atoms in total. The molecule has 1 atom stereocenters. The Morgan fingerprint density at radius 3 is 3.12 bits per heavy atom. The Balaban J connectivity index is 2.08. The van der Waals surface area contributed by atoms with Crippen LogP contribution < -0.4 is 5.32 Å². The summed E-state index contributed by atoms with van der Waals surface area (Å²) in [6.07, 6.45) is 2.85. The van der Waals surface area contributed by atoms with E-state index in [0.29, 0.717) is 0 Å². The van der Waals surface area contributed by atoms with Gasteiger partial charge in [-0.3, -0.25) is 0 Å². The topological polar surface area (TPSA) is 21.3 Å². The highest BCUT2D eigenvalue weighted by atomic mass is 19.1. The van der Waals surface area contributed by atoms with Crippen LogP contribution in [-0.2, 0) is 16.8 Å². The molecule has 1 heterocycles. The summed E-state index contributed by atoms with van der Waals surface area (Å²) in [5.41, 5.74) is 1.65. The first-order valence-corrected chi connectivity index (χ1v) is 5.94. The van der Waals surface area contributed by atoms with Crippen molar-refractivity contribution in [1.82, 2.24) is 5.32 Å². The third-order valence-electron chi connectivity index (χ3n) is 3.68. The zero-order valence-electron chi connectivity index (χ0n) is 9.26. The van der Waals surface area contributed by atoms with E-state index in [1.54, 1.807) is 12.1 Å². The molecule has 1 N–H and O–H groups in total. The molecule has 86 valence electrons. The molecule has 1 unspecified atom stereocenters. The summed E-state index contributed by atoms with van der Waals surface area (Å²) >= 11 is 0. The molecule has 1 spiro atoms. The van der Waals surface area contributed by atoms with Crippen molar-refractivity contribution in [2.45, 2.75) is 24.9 Å². The summed E-state index contributed by atoms with van der Waals surface area (Å²) in [4.78, 5) is 0. The minimum Gasteiger partial charge on any atom is -0.368 e. The van der Waals surface area contributed by atoms with Crippen LogP contribution in [-0.4, -0.2) is 19.7 Å². The third-order valence-corrected chi connectivity index (χ3v) is 3.68. The Morgan fingerprint density at radius 1 is 1.38 bits per heavy atom. The number of benzene rings is 1. The van der Waals surface area contributed by atoms with Gasteiger partial charge in [0.1, 0.15) is 11.4 Å². The maximum Gasteiger partial charge on any atom is 0.126 e. The second kappa shape index (κ2) is 3.82. The van der Waals surface area contributed by atoms with E-state index in [0.717, 1.165) is 50.1 Å². The van der Waals surface area contributed by atoms with E-state index in [1.165, 1.54) is 0 Å².